The van der Waals surface area contributed by atoms with Crippen molar-refractivity contribution in [3.8, 4) is 0 Å². The second kappa shape index (κ2) is 7.90. The molecule has 1 unspecified atom stereocenters. The first kappa shape index (κ1) is 18.3. The van der Waals surface area contributed by atoms with Crippen LogP contribution in [0, 0.1) is 0 Å². The van der Waals surface area contributed by atoms with E-state index in [1.54, 1.807) is 6.07 Å². The number of ketones is 1. The van der Waals surface area contributed by atoms with Gasteiger partial charge < -0.3 is 9.84 Å². The topological polar surface area (TPSA) is 94.3 Å². The summed E-state index contributed by atoms with van der Waals surface area (Å²) in [5, 5.41) is 14.5. The highest BCUT2D eigenvalue weighted by Gasteiger charge is 2.19. The molecule has 0 aliphatic carbocycles. The first-order valence-electron chi connectivity index (χ1n) is 9.38. The van der Waals surface area contributed by atoms with Crippen LogP contribution in [0.2, 0.25) is 0 Å². The van der Waals surface area contributed by atoms with E-state index in [0.717, 1.165) is 42.3 Å². The molecule has 1 aliphatic heterocycles. The number of aromatic nitrogens is 3. The van der Waals surface area contributed by atoms with Gasteiger partial charge in [-0.15, -0.1) is 0 Å². The number of carbonyl (C=O) groups is 2. The lowest BCUT2D eigenvalue weighted by atomic mass is 10.0. The SMILES string of the molecule is O=C(Cc1ccnc(C(=O)O)c1)Cc1ccc2cnn(C3CCCCO3)c2c1. The molecule has 1 aliphatic rings. The van der Waals surface area contributed by atoms with Gasteiger partial charge in [0.1, 0.15) is 11.5 Å². The molecule has 144 valence electrons. The Kier molecular flexibility index (Phi) is 5.16. The molecule has 0 saturated carbocycles. The van der Waals surface area contributed by atoms with Crippen molar-refractivity contribution in [3.63, 3.8) is 0 Å². The number of rotatable bonds is 6. The molecule has 3 aromatic rings. The molecule has 28 heavy (non-hydrogen) atoms. The number of hydrogen-bond acceptors (Lipinski definition) is 5. The molecule has 0 bridgehead atoms. The van der Waals surface area contributed by atoms with Gasteiger partial charge in [-0.25, -0.2) is 14.5 Å². The first-order valence-corrected chi connectivity index (χ1v) is 9.38. The Bertz CT molecular complexity index is 1020. The van der Waals surface area contributed by atoms with E-state index in [9.17, 15) is 9.59 Å². The van der Waals surface area contributed by atoms with E-state index < -0.39 is 5.97 Å². The van der Waals surface area contributed by atoms with Gasteiger partial charge in [0.15, 0.2) is 6.23 Å². The van der Waals surface area contributed by atoms with E-state index in [1.165, 1.54) is 12.3 Å². The highest BCUT2D eigenvalue weighted by atomic mass is 16.5. The van der Waals surface area contributed by atoms with Crippen molar-refractivity contribution < 1.29 is 19.4 Å². The molecule has 1 fully saturated rings. The smallest absolute Gasteiger partial charge is 0.354 e. The number of nitrogens with zero attached hydrogens (tertiary/aromatic N) is 3. The van der Waals surface area contributed by atoms with E-state index in [-0.39, 0.29) is 30.5 Å². The Labute approximate surface area is 162 Å². The molecule has 1 saturated heterocycles. The second-order valence-electron chi connectivity index (χ2n) is 7.05. The summed E-state index contributed by atoms with van der Waals surface area (Å²) in [6.07, 6.45) is 6.77. The number of carboxylic acid groups (broad SMARTS) is 1. The third kappa shape index (κ3) is 3.94. The van der Waals surface area contributed by atoms with Gasteiger partial charge in [-0.2, -0.15) is 5.10 Å². The van der Waals surface area contributed by atoms with Crippen molar-refractivity contribution in [2.45, 2.75) is 38.3 Å². The van der Waals surface area contributed by atoms with Crippen LogP contribution in [0.25, 0.3) is 10.9 Å². The lowest BCUT2D eigenvalue weighted by molar-refractivity contribution is -0.117. The van der Waals surface area contributed by atoms with Gasteiger partial charge in [-0.3, -0.25) is 4.79 Å². The van der Waals surface area contributed by atoms with Crippen LogP contribution < -0.4 is 0 Å². The number of hydrogen-bond donors (Lipinski definition) is 1. The molecule has 7 nitrogen and oxygen atoms in total. The van der Waals surface area contributed by atoms with Gasteiger partial charge in [-0.05, 0) is 48.6 Å². The fraction of sp³-hybridized carbons (Fsp3) is 0.333. The predicted octanol–water partition coefficient (Wildman–Crippen LogP) is 3.18. The molecule has 0 amide bonds. The van der Waals surface area contributed by atoms with E-state index in [4.69, 9.17) is 9.84 Å². The molecule has 1 N–H and O–H groups in total. The molecule has 3 heterocycles. The van der Waals surface area contributed by atoms with Crippen LogP contribution in [-0.2, 0) is 22.4 Å². The Hall–Kier alpha value is -3.06. The largest absolute Gasteiger partial charge is 0.477 e. The maximum Gasteiger partial charge on any atom is 0.354 e. The summed E-state index contributed by atoms with van der Waals surface area (Å²) in [6.45, 7) is 0.745. The Morgan fingerprint density at radius 2 is 1.96 bits per heavy atom. The predicted molar refractivity (Wildman–Crippen MR) is 102 cm³/mol. The van der Waals surface area contributed by atoms with E-state index >= 15 is 0 Å². The van der Waals surface area contributed by atoms with Crippen molar-refractivity contribution in [1.82, 2.24) is 14.8 Å². The summed E-state index contributed by atoms with van der Waals surface area (Å²) < 4.78 is 7.75. The summed E-state index contributed by atoms with van der Waals surface area (Å²) in [7, 11) is 0. The van der Waals surface area contributed by atoms with Gasteiger partial charge in [0.25, 0.3) is 0 Å². The van der Waals surface area contributed by atoms with Crippen molar-refractivity contribution in [2.24, 2.45) is 0 Å². The molecule has 7 heteroatoms. The fourth-order valence-electron chi connectivity index (χ4n) is 3.56. The van der Waals surface area contributed by atoms with Gasteiger partial charge in [-0.1, -0.05) is 12.1 Å². The Morgan fingerprint density at radius 3 is 2.71 bits per heavy atom. The van der Waals surface area contributed by atoms with Crippen molar-refractivity contribution in [2.75, 3.05) is 6.61 Å². The van der Waals surface area contributed by atoms with Crippen LogP contribution in [0.1, 0.15) is 47.1 Å². The van der Waals surface area contributed by atoms with Crippen LogP contribution in [0.15, 0.2) is 42.7 Å². The Balaban J connectivity index is 1.50. The minimum absolute atomic E-state index is 0.0156. The molecular formula is C21H21N3O4. The van der Waals surface area contributed by atoms with Crippen LogP contribution in [0.5, 0.6) is 0 Å². The van der Waals surface area contributed by atoms with Crippen molar-refractivity contribution in [1.29, 1.82) is 0 Å². The maximum absolute atomic E-state index is 12.5. The molecule has 0 spiro atoms. The third-order valence-electron chi connectivity index (χ3n) is 4.94. The summed E-state index contributed by atoms with van der Waals surface area (Å²) in [4.78, 5) is 27.3. The summed E-state index contributed by atoms with van der Waals surface area (Å²) in [6, 6.07) is 9.01. The number of fused-ring (bicyclic) bond motifs is 1. The van der Waals surface area contributed by atoms with Gasteiger partial charge >= 0.3 is 5.97 Å². The highest BCUT2D eigenvalue weighted by Crippen LogP contribution is 2.26. The quantitative estimate of drug-likeness (QED) is 0.707. The minimum atomic E-state index is -1.10. The first-order chi connectivity index (χ1) is 13.6. The zero-order valence-electron chi connectivity index (χ0n) is 15.4. The van der Waals surface area contributed by atoms with Crippen LogP contribution in [0.3, 0.4) is 0 Å². The fourth-order valence-corrected chi connectivity index (χ4v) is 3.56. The van der Waals surface area contributed by atoms with Crippen LogP contribution in [0.4, 0.5) is 0 Å². The van der Waals surface area contributed by atoms with Crippen molar-refractivity contribution >= 4 is 22.7 Å². The average Bonchev–Trinajstić information content (AvgIpc) is 3.12. The van der Waals surface area contributed by atoms with Gasteiger partial charge in [0.05, 0.1) is 11.7 Å². The highest BCUT2D eigenvalue weighted by molar-refractivity contribution is 5.87. The number of carboxylic acids is 1. The zero-order chi connectivity index (χ0) is 19.5. The number of benzene rings is 1. The van der Waals surface area contributed by atoms with Crippen molar-refractivity contribution in [3.05, 3.63) is 59.5 Å². The maximum atomic E-state index is 12.5. The molecular weight excluding hydrogens is 358 g/mol. The monoisotopic (exact) mass is 379 g/mol. The van der Waals surface area contributed by atoms with Crippen LogP contribution >= 0.6 is 0 Å². The van der Waals surface area contributed by atoms with Gasteiger partial charge in [0, 0.05) is 31.0 Å². The lowest BCUT2D eigenvalue weighted by Crippen LogP contribution is -2.19. The second-order valence-corrected chi connectivity index (χ2v) is 7.05. The third-order valence-corrected chi connectivity index (χ3v) is 4.94. The number of Topliss-reactive ketones (excluding diaryl/α,β-unsaturated/α-hetero) is 1. The number of pyridine rings is 1. The molecule has 4 rings (SSSR count). The molecule has 0 radical (unpaired) electrons. The average molecular weight is 379 g/mol. The zero-order valence-corrected chi connectivity index (χ0v) is 15.4. The molecule has 1 aromatic carbocycles. The Morgan fingerprint density at radius 1 is 1.14 bits per heavy atom. The van der Waals surface area contributed by atoms with Crippen LogP contribution in [-0.4, -0.2) is 38.2 Å². The minimum Gasteiger partial charge on any atom is -0.477 e. The standard InChI is InChI=1S/C21H21N3O4/c25-17(10-15-6-7-22-18(11-15)21(26)27)9-14-4-5-16-13-23-24(19(16)12-14)20-3-1-2-8-28-20/h4-7,11-13,20H,1-3,8-10H2,(H,26,27). The lowest BCUT2D eigenvalue weighted by Gasteiger charge is -2.23. The molecule has 1 atom stereocenters. The summed E-state index contributed by atoms with van der Waals surface area (Å²) >= 11 is 0. The number of carbonyl (C=O) groups excluding carboxylic acids is 1. The van der Waals surface area contributed by atoms with Gasteiger partial charge in [0.2, 0.25) is 0 Å². The normalized spacial score (nSPS) is 16.9. The number of aromatic carboxylic acids is 1. The van der Waals surface area contributed by atoms with E-state index in [1.807, 2.05) is 29.1 Å². The van der Waals surface area contributed by atoms with E-state index in [2.05, 4.69) is 10.1 Å². The summed E-state index contributed by atoms with van der Waals surface area (Å²) in [5.41, 5.74) is 2.47. The molecule has 2 aromatic heterocycles. The van der Waals surface area contributed by atoms with E-state index in [0.29, 0.717) is 5.56 Å². The number of ether oxygens (including phenoxy) is 1. The summed E-state index contributed by atoms with van der Waals surface area (Å²) in [5.74, 6) is -1.08.